The first kappa shape index (κ1) is 31.3. The Hall–Kier alpha value is -3.12. The van der Waals surface area contributed by atoms with Gasteiger partial charge in [0.15, 0.2) is 0 Å². The maximum atomic E-state index is 13.2. The highest BCUT2D eigenvalue weighted by Crippen LogP contribution is 2.39. The van der Waals surface area contributed by atoms with E-state index in [1.165, 1.54) is 4.68 Å². The van der Waals surface area contributed by atoms with Crippen LogP contribution in [-0.2, 0) is 26.1 Å². The zero-order valence-corrected chi connectivity index (χ0v) is 25.3. The number of piperidine rings is 1. The van der Waals surface area contributed by atoms with Gasteiger partial charge in [-0.05, 0) is 72.9 Å². The Morgan fingerprint density at radius 1 is 0.953 bits per heavy atom. The SMILES string of the molecule is CCOC(=O)Cn1nc(C2CCN(S(=O)(=O)C(F)(F)F)CC2)c2cc(C(c3ccc(Cl)cc3)c3ccc(Cl)cc3)ccc21. The fourth-order valence-corrected chi connectivity index (χ4v) is 6.79. The molecule has 1 fully saturated rings. The van der Waals surface area contributed by atoms with Crippen LogP contribution in [0.3, 0.4) is 0 Å². The molecule has 0 saturated carbocycles. The van der Waals surface area contributed by atoms with Crippen LogP contribution >= 0.6 is 23.2 Å². The van der Waals surface area contributed by atoms with Crippen LogP contribution < -0.4 is 0 Å². The number of aromatic nitrogens is 2. The lowest BCUT2D eigenvalue weighted by Gasteiger charge is -2.31. The molecule has 0 atom stereocenters. The molecule has 0 bridgehead atoms. The van der Waals surface area contributed by atoms with Gasteiger partial charge in [0.25, 0.3) is 0 Å². The molecule has 0 aliphatic carbocycles. The van der Waals surface area contributed by atoms with Crippen LogP contribution in [0.1, 0.15) is 54.0 Å². The Kier molecular flexibility index (Phi) is 9.08. The summed E-state index contributed by atoms with van der Waals surface area (Å²) in [4.78, 5) is 12.4. The van der Waals surface area contributed by atoms with Crippen molar-refractivity contribution in [2.75, 3.05) is 19.7 Å². The van der Waals surface area contributed by atoms with Crippen LogP contribution in [0.4, 0.5) is 13.2 Å². The van der Waals surface area contributed by atoms with E-state index in [0.29, 0.717) is 25.6 Å². The number of carbonyl (C=O) groups is 1. The van der Waals surface area contributed by atoms with Gasteiger partial charge in [0.1, 0.15) is 6.54 Å². The normalized spacial score (nSPS) is 15.3. The molecule has 1 aromatic heterocycles. The molecule has 2 heterocycles. The highest BCUT2D eigenvalue weighted by atomic mass is 35.5. The Morgan fingerprint density at radius 3 is 2.00 bits per heavy atom. The minimum absolute atomic E-state index is 0.142. The molecule has 4 aromatic rings. The molecular weight excluding hydrogens is 626 g/mol. The van der Waals surface area contributed by atoms with E-state index in [1.807, 2.05) is 66.7 Å². The lowest BCUT2D eigenvalue weighted by atomic mass is 9.84. The smallest absolute Gasteiger partial charge is 0.465 e. The van der Waals surface area contributed by atoms with E-state index < -0.39 is 21.5 Å². The Balaban J connectivity index is 1.58. The van der Waals surface area contributed by atoms with E-state index >= 15 is 0 Å². The van der Waals surface area contributed by atoms with Crippen LogP contribution in [0.2, 0.25) is 10.0 Å². The summed E-state index contributed by atoms with van der Waals surface area (Å²) in [6, 6.07) is 20.8. The third-order valence-electron chi connectivity index (χ3n) is 7.60. The second-order valence-electron chi connectivity index (χ2n) is 10.3. The van der Waals surface area contributed by atoms with Gasteiger partial charge in [-0.3, -0.25) is 9.48 Å². The van der Waals surface area contributed by atoms with E-state index in [4.69, 9.17) is 33.0 Å². The Bertz CT molecular complexity index is 1670. The number of hydrogen-bond acceptors (Lipinski definition) is 5. The molecule has 5 rings (SSSR count). The van der Waals surface area contributed by atoms with E-state index in [-0.39, 0.29) is 50.9 Å². The molecule has 228 valence electrons. The third-order valence-corrected chi connectivity index (χ3v) is 9.73. The van der Waals surface area contributed by atoms with Gasteiger partial charge in [-0.2, -0.15) is 22.6 Å². The van der Waals surface area contributed by atoms with E-state index in [9.17, 15) is 26.4 Å². The monoisotopic (exact) mass is 653 g/mol. The summed E-state index contributed by atoms with van der Waals surface area (Å²) in [5, 5.41) is 6.65. The third kappa shape index (κ3) is 6.55. The van der Waals surface area contributed by atoms with Crippen molar-refractivity contribution in [1.82, 2.24) is 14.1 Å². The number of carbonyl (C=O) groups excluding carboxylic acids is 1. The molecule has 13 heteroatoms. The first-order chi connectivity index (χ1) is 20.4. The van der Waals surface area contributed by atoms with Gasteiger partial charge in [0.05, 0.1) is 17.8 Å². The van der Waals surface area contributed by atoms with Gasteiger partial charge in [-0.1, -0.05) is 53.5 Å². The highest BCUT2D eigenvalue weighted by Gasteiger charge is 2.50. The van der Waals surface area contributed by atoms with Gasteiger partial charge in [0, 0.05) is 40.4 Å². The number of esters is 1. The van der Waals surface area contributed by atoms with Crippen molar-refractivity contribution < 1.29 is 31.1 Å². The van der Waals surface area contributed by atoms with Crippen molar-refractivity contribution in [3.05, 3.63) is 99.2 Å². The summed E-state index contributed by atoms with van der Waals surface area (Å²) in [7, 11) is -5.42. The number of benzene rings is 3. The van der Waals surface area contributed by atoms with E-state index in [0.717, 1.165) is 22.1 Å². The molecule has 0 N–H and O–H groups in total. The molecule has 7 nitrogen and oxygen atoms in total. The summed E-state index contributed by atoms with van der Waals surface area (Å²) in [6.07, 6.45) is 0.283. The maximum Gasteiger partial charge on any atom is 0.511 e. The first-order valence-electron chi connectivity index (χ1n) is 13.6. The zero-order chi connectivity index (χ0) is 30.9. The molecule has 0 amide bonds. The van der Waals surface area contributed by atoms with Crippen molar-refractivity contribution in [3.63, 3.8) is 0 Å². The largest absolute Gasteiger partial charge is 0.511 e. The number of sulfonamides is 1. The van der Waals surface area contributed by atoms with Crippen molar-refractivity contribution in [1.29, 1.82) is 0 Å². The fourth-order valence-electron chi connectivity index (χ4n) is 5.56. The molecular formula is C30H28Cl2F3N3O4S. The standard InChI is InChI=1S/C30H28Cl2F3N3O4S/c1-2-42-27(39)18-38-26-12-7-22(28(19-3-8-23(31)9-4-19)20-5-10-24(32)11-6-20)17-25(26)29(36-38)21-13-15-37(16-14-21)43(40,41)30(33,34)35/h3-12,17,21,28H,2,13-16,18H2,1H3. The summed E-state index contributed by atoms with van der Waals surface area (Å²) < 4.78 is 70.6. The topological polar surface area (TPSA) is 81.5 Å². The zero-order valence-electron chi connectivity index (χ0n) is 23.0. The van der Waals surface area contributed by atoms with Crippen molar-refractivity contribution in [2.45, 2.75) is 43.7 Å². The molecule has 3 aromatic carbocycles. The first-order valence-corrected chi connectivity index (χ1v) is 15.8. The minimum atomic E-state index is -5.42. The number of nitrogens with zero attached hydrogens (tertiary/aromatic N) is 3. The molecule has 43 heavy (non-hydrogen) atoms. The number of halogens is 5. The van der Waals surface area contributed by atoms with E-state index in [2.05, 4.69) is 0 Å². The predicted molar refractivity (Wildman–Crippen MR) is 159 cm³/mol. The fraction of sp³-hybridized carbons (Fsp3) is 0.333. The summed E-state index contributed by atoms with van der Waals surface area (Å²) >= 11 is 12.3. The van der Waals surface area contributed by atoms with Crippen LogP contribution in [0, 0.1) is 0 Å². The molecule has 1 saturated heterocycles. The lowest BCUT2D eigenvalue weighted by molar-refractivity contribution is -0.143. The van der Waals surface area contributed by atoms with Gasteiger partial charge < -0.3 is 4.74 Å². The molecule has 0 radical (unpaired) electrons. The number of hydrogen-bond donors (Lipinski definition) is 0. The summed E-state index contributed by atoms with van der Waals surface area (Å²) in [5.74, 6) is -1.03. The minimum Gasteiger partial charge on any atom is -0.465 e. The summed E-state index contributed by atoms with van der Waals surface area (Å²) in [6.45, 7) is 1.16. The highest BCUT2D eigenvalue weighted by molar-refractivity contribution is 7.90. The van der Waals surface area contributed by atoms with Crippen LogP contribution in [0.15, 0.2) is 66.7 Å². The van der Waals surface area contributed by atoms with Crippen molar-refractivity contribution in [2.24, 2.45) is 0 Å². The number of fused-ring (bicyclic) bond motifs is 1. The molecule has 0 spiro atoms. The number of rotatable bonds is 8. The van der Waals surface area contributed by atoms with Gasteiger partial charge in [-0.25, -0.2) is 8.42 Å². The predicted octanol–water partition coefficient (Wildman–Crippen LogP) is 7.12. The van der Waals surface area contributed by atoms with Crippen LogP contribution in [0.25, 0.3) is 10.9 Å². The maximum absolute atomic E-state index is 13.2. The molecule has 1 aliphatic rings. The van der Waals surface area contributed by atoms with Crippen molar-refractivity contribution >= 4 is 50.1 Å². The second-order valence-corrected chi connectivity index (χ2v) is 13.1. The molecule has 1 aliphatic heterocycles. The van der Waals surface area contributed by atoms with Gasteiger partial charge in [0.2, 0.25) is 0 Å². The average molecular weight is 655 g/mol. The quantitative estimate of drug-likeness (QED) is 0.149. The van der Waals surface area contributed by atoms with Crippen LogP contribution in [-0.4, -0.2) is 53.7 Å². The van der Waals surface area contributed by atoms with E-state index in [1.54, 1.807) is 6.92 Å². The number of alkyl halides is 3. The van der Waals surface area contributed by atoms with Gasteiger partial charge >= 0.3 is 21.5 Å². The number of ether oxygens (including phenoxy) is 1. The average Bonchev–Trinajstić information content (AvgIpc) is 3.32. The Morgan fingerprint density at radius 2 is 1.49 bits per heavy atom. The van der Waals surface area contributed by atoms with Crippen molar-refractivity contribution in [3.8, 4) is 0 Å². The van der Waals surface area contributed by atoms with Gasteiger partial charge in [-0.15, -0.1) is 0 Å². The summed E-state index contributed by atoms with van der Waals surface area (Å²) in [5.41, 5.74) is -1.26. The Labute approximate surface area is 257 Å². The second kappa shape index (κ2) is 12.5. The lowest BCUT2D eigenvalue weighted by Crippen LogP contribution is -2.44. The van der Waals surface area contributed by atoms with Crippen LogP contribution in [0.5, 0.6) is 0 Å². The molecule has 0 unspecified atom stereocenters.